The lowest BCUT2D eigenvalue weighted by atomic mass is 10.1. The van der Waals surface area contributed by atoms with Gasteiger partial charge in [-0.25, -0.2) is 0 Å². The highest BCUT2D eigenvalue weighted by atomic mass is 32.1. The zero-order chi connectivity index (χ0) is 13.2. The molecular weight excluding hydrogens is 260 g/mol. The number of fused-ring (bicyclic) bond motifs is 1. The maximum Gasteiger partial charge on any atom is 0.282 e. The second-order valence-corrected chi connectivity index (χ2v) is 5.49. The van der Waals surface area contributed by atoms with Gasteiger partial charge in [-0.1, -0.05) is 35.6 Å². The number of amides is 1. The zero-order valence-corrected chi connectivity index (χ0v) is 11.3. The molecule has 2 aromatic rings. The predicted octanol–water partition coefficient (Wildman–Crippen LogP) is 1.48. The largest absolute Gasteiger partial charge is 0.363 e. The molecule has 1 aliphatic carbocycles. The molecule has 5 nitrogen and oxygen atoms in total. The molecule has 0 radical (unpaired) electrons. The van der Waals surface area contributed by atoms with E-state index in [0.29, 0.717) is 10.1 Å². The van der Waals surface area contributed by atoms with Gasteiger partial charge in [0.2, 0.25) is 10.1 Å². The summed E-state index contributed by atoms with van der Waals surface area (Å²) in [5, 5.41) is 14.7. The van der Waals surface area contributed by atoms with Crippen molar-refractivity contribution in [2.24, 2.45) is 0 Å². The second-order valence-electron chi connectivity index (χ2n) is 4.51. The molecule has 0 unspecified atom stereocenters. The second kappa shape index (κ2) is 4.97. The quantitative estimate of drug-likeness (QED) is 0.889. The highest BCUT2D eigenvalue weighted by Gasteiger charge is 2.24. The Bertz CT molecular complexity index is 585. The van der Waals surface area contributed by atoms with Crippen molar-refractivity contribution < 1.29 is 4.79 Å². The van der Waals surface area contributed by atoms with Crippen molar-refractivity contribution >= 4 is 22.4 Å². The number of hydrogen-bond acceptors (Lipinski definition) is 5. The van der Waals surface area contributed by atoms with E-state index < -0.39 is 0 Å². The highest BCUT2D eigenvalue weighted by Crippen LogP contribution is 2.22. The van der Waals surface area contributed by atoms with Crippen LogP contribution in [0.3, 0.4) is 0 Å². The van der Waals surface area contributed by atoms with Crippen LogP contribution in [0.1, 0.15) is 20.9 Å². The molecular formula is C13H14N4OS. The fourth-order valence-corrected chi connectivity index (χ4v) is 2.92. The number of carbonyl (C=O) groups excluding carboxylic acids is 1. The van der Waals surface area contributed by atoms with Crippen molar-refractivity contribution in [2.45, 2.75) is 18.9 Å². The molecule has 0 atom stereocenters. The van der Waals surface area contributed by atoms with Crippen LogP contribution in [0.5, 0.6) is 0 Å². The Balaban J connectivity index is 1.66. The fraction of sp³-hybridized carbons (Fsp3) is 0.308. The summed E-state index contributed by atoms with van der Waals surface area (Å²) in [5.41, 5.74) is 2.64. The maximum absolute atomic E-state index is 12.1. The van der Waals surface area contributed by atoms with E-state index in [1.165, 1.54) is 22.5 Å². The molecule has 0 saturated heterocycles. The van der Waals surface area contributed by atoms with Gasteiger partial charge >= 0.3 is 0 Å². The van der Waals surface area contributed by atoms with E-state index in [0.717, 1.165) is 12.8 Å². The summed E-state index contributed by atoms with van der Waals surface area (Å²) < 4.78 is 0. The fourth-order valence-electron chi connectivity index (χ4n) is 2.32. The van der Waals surface area contributed by atoms with Crippen LogP contribution in [0.25, 0.3) is 0 Å². The minimum atomic E-state index is -0.142. The molecule has 6 heteroatoms. The molecule has 0 spiro atoms. The molecule has 1 heterocycles. The summed E-state index contributed by atoms with van der Waals surface area (Å²) in [7, 11) is 1.76. The number of benzene rings is 1. The Morgan fingerprint density at radius 2 is 1.95 bits per heavy atom. The van der Waals surface area contributed by atoms with E-state index in [1.54, 1.807) is 7.05 Å². The van der Waals surface area contributed by atoms with Crippen LogP contribution < -0.4 is 10.6 Å². The van der Waals surface area contributed by atoms with Crippen molar-refractivity contribution in [2.75, 3.05) is 12.4 Å². The van der Waals surface area contributed by atoms with Crippen LogP contribution in [0.15, 0.2) is 24.3 Å². The lowest BCUT2D eigenvalue weighted by molar-refractivity contribution is 0.0937. The molecule has 98 valence electrons. The lowest BCUT2D eigenvalue weighted by Gasteiger charge is -2.09. The van der Waals surface area contributed by atoms with Gasteiger partial charge < -0.3 is 10.6 Å². The first kappa shape index (κ1) is 12.1. The van der Waals surface area contributed by atoms with Gasteiger partial charge in [0.05, 0.1) is 0 Å². The lowest BCUT2D eigenvalue weighted by Crippen LogP contribution is -2.35. The van der Waals surface area contributed by atoms with Gasteiger partial charge in [-0.3, -0.25) is 4.79 Å². The SMILES string of the molecule is CNc1nnc(C(=O)NC2Cc3ccccc3C2)s1. The van der Waals surface area contributed by atoms with E-state index >= 15 is 0 Å². The van der Waals surface area contributed by atoms with Crippen molar-refractivity contribution in [3.63, 3.8) is 0 Å². The molecule has 19 heavy (non-hydrogen) atoms. The van der Waals surface area contributed by atoms with Gasteiger partial charge in [-0.05, 0) is 24.0 Å². The monoisotopic (exact) mass is 274 g/mol. The van der Waals surface area contributed by atoms with Crippen LogP contribution in [-0.2, 0) is 12.8 Å². The molecule has 3 rings (SSSR count). The van der Waals surface area contributed by atoms with Crippen LogP contribution in [0.2, 0.25) is 0 Å². The van der Waals surface area contributed by atoms with Crippen LogP contribution in [-0.4, -0.2) is 29.2 Å². The molecule has 1 aromatic carbocycles. The van der Waals surface area contributed by atoms with Crippen molar-refractivity contribution in [3.05, 3.63) is 40.4 Å². The molecule has 0 fully saturated rings. The standard InChI is InChI=1S/C13H14N4OS/c1-14-13-17-16-12(19-13)11(18)15-10-6-8-4-2-3-5-9(8)7-10/h2-5,10H,6-7H2,1H3,(H,14,17)(H,15,18). The molecule has 0 bridgehead atoms. The molecule has 1 aliphatic rings. The predicted molar refractivity (Wildman–Crippen MR) is 74.6 cm³/mol. The summed E-state index contributed by atoms with van der Waals surface area (Å²) in [6.45, 7) is 0. The number of nitrogens with one attached hydrogen (secondary N) is 2. The summed E-state index contributed by atoms with van der Waals surface area (Å²) in [5.74, 6) is -0.142. The van der Waals surface area contributed by atoms with Gasteiger partial charge in [-0.2, -0.15) is 0 Å². The average Bonchev–Trinajstić information content (AvgIpc) is 3.04. The Morgan fingerprint density at radius 3 is 2.53 bits per heavy atom. The zero-order valence-electron chi connectivity index (χ0n) is 10.5. The van der Waals surface area contributed by atoms with Gasteiger partial charge in [0, 0.05) is 13.1 Å². The third-order valence-corrected chi connectivity index (χ3v) is 4.16. The van der Waals surface area contributed by atoms with Crippen LogP contribution in [0.4, 0.5) is 5.13 Å². The van der Waals surface area contributed by atoms with E-state index in [1.807, 2.05) is 12.1 Å². The van der Waals surface area contributed by atoms with Gasteiger partial charge in [0.15, 0.2) is 0 Å². The van der Waals surface area contributed by atoms with Gasteiger partial charge in [-0.15, -0.1) is 10.2 Å². The highest BCUT2D eigenvalue weighted by molar-refractivity contribution is 7.17. The summed E-state index contributed by atoms with van der Waals surface area (Å²) >= 11 is 1.26. The van der Waals surface area contributed by atoms with E-state index in [4.69, 9.17) is 0 Å². The average molecular weight is 274 g/mol. The number of anilines is 1. The van der Waals surface area contributed by atoms with E-state index in [-0.39, 0.29) is 11.9 Å². The summed E-state index contributed by atoms with van der Waals surface area (Å²) in [6, 6.07) is 8.46. The molecule has 0 aliphatic heterocycles. The number of carbonyl (C=O) groups is 1. The summed E-state index contributed by atoms with van der Waals surface area (Å²) in [4.78, 5) is 12.1. The minimum Gasteiger partial charge on any atom is -0.363 e. The first-order valence-electron chi connectivity index (χ1n) is 6.15. The third-order valence-electron chi connectivity index (χ3n) is 3.22. The third kappa shape index (κ3) is 2.44. The maximum atomic E-state index is 12.1. The Kier molecular flexibility index (Phi) is 3.16. The number of rotatable bonds is 3. The smallest absolute Gasteiger partial charge is 0.282 e. The Labute approximate surface area is 115 Å². The summed E-state index contributed by atoms with van der Waals surface area (Å²) in [6.07, 6.45) is 1.78. The topological polar surface area (TPSA) is 66.9 Å². The van der Waals surface area contributed by atoms with E-state index in [9.17, 15) is 4.79 Å². The van der Waals surface area contributed by atoms with Crippen LogP contribution >= 0.6 is 11.3 Å². The number of nitrogens with zero attached hydrogens (tertiary/aromatic N) is 2. The van der Waals surface area contributed by atoms with Gasteiger partial charge in [0.25, 0.3) is 5.91 Å². The molecule has 1 amide bonds. The van der Waals surface area contributed by atoms with Gasteiger partial charge in [0.1, 0.15) is 0 Å². The Morgan fingerprint density at radius 1 is 1.26 bits per heavy atom. The molecule has 0 saturated carbocycles. The van der Waals surface area contributed by atoms with E-state index in [2.05, 4.69) is 33.0 Å². The molecule has 1 aromatic heterocycles. The minimum absolute atomic E-state index is 0.142. The normalized spacial score (nSPS) is 14.2. The first-order valence-corrected chi connectivity index (χ1v) is 6.97. The number of aromatic nitrogens is 2. The Hall–Kier alpha value is -1.95. The molecule has 2 N–H and O–H groups in total. The number of hydrogen-bond donors (Lipinski definition) is 2. The van der Waals surface area contributed by atoms with Crippen molar-refractivity contribution in [1.29, 1.82) is 0 Å². The van der Waals surface area contributed by atoms with Crippen molar-refractivity contribution in [1.82, 2.24) is 15.5 Å². The van der Waals surface area contributed by atoms with Crippen molar-refractivity contribution in [3.8, 4) is 0 Å². The first-order chi connectivity index (χ1) is 9.26. The van der Waals surface area contributed by atoms with Crippen LogP contribution in [0, 0.1) is 0 Å².